The second kappa shape index (κ2) is 9.61. The fourth-order valence-corrected chi connectivity index (χ4v) is 2.70. The lowest BCUT2D eigenvalue weighted by atomic mass is 10.2. The first-order valence-corrected chi connectivity index (χ1v) is 8.88. The maximum Gasteiger partial charge on any atom is 0.187 e. The van der Waals surface area contributed by atoms with Gasteiger partial charge in [-0.05, 0) is 49.3 Å². The summed E-state index contributed by atoms with van der Waals surface area (Å²) < 4.78 is 5.59. The van der Waals surface area contributed by atoms with Crippen LogP contribution in [0.5, 0.6) is 5.75 Å². The van der Waals surface area contributed by atoms with Crippen LogP contribution >= 0.6 is 35.4 Å². The highest BCUT2D eigenvalue weighted by Gasteiger charge is 2.10. The van der Waals surface area contributed by atoms with Crippen molar-refractivity contribution < 1.29 is 4.74 Å². The molecule has 0 unspecified atom stereocenters. The molecule has 2 rings (SSSR count). The number of halogens is 2. The fourth-order valence-electron chi connectivity index (χ4n) is 1.99. The van der Waals surface area contributed by atoms with Crippen molar-refractivity contribution in [3.05, 3.63) is 63.6 Å². The number of benzene rings is 2. The highest BCUT2D eigenvalue weighted by Crippen LogP contribution is 2.34. The van der Waals surface area contributed by atoms with Crippen LogP contribution in [0, 0.1) is 0 Å². The summed E-state index contributed by atoms with van der Waals surface area (Å²) in [4.78, 5) is 0. The molecule has 0 spiro atoms. The van der Waals surface area contributed by atoms with Gasteiger partial charge < -0.3 is 10.1 Å². The monoisotopic (exact) mass is 395 g/mol. The Morgan fingerprint density at radius 2 is 1.84 bits per heavy atom. The molecule has 4 nitrogen and oxygen atoms in total. The van der Waals surface area contributed by atoms with E-state index in [9.17, 15) is 0 Å². The summed E-state index contributed by atoms with van der Waals surface area (Å²) in [5.74, 6) is 0.475. The number of ether oxygens (including phenoxy) is 1. The van der Waals surface area contributed by atoms with Gasteiger partial charge in [-0.25, -0.2) is 0 Å². The molecule has 0 bridgehead atoms. The number of nitrogens with zero attached hydrogens (tertiary/aromatic N) is 1. The van der Waals surface area contributed by atoms with Gasteiger partial charge in [-0.3, -0.25) is 5.43 Å². The van der Waals surface area contributed by atoms with Gasteiger partial charge in [0.25, 0.3) is 0 Å². The van der Waals surface area contributed by atoms with Crippen molar-refractivity contribution in [1.29, 1.82) is 0 Å². The van der Waals surface area contributed by atoms with Crippen LogP contribution in [0.3, 0.4) is 0 Å². The first kappa shape index (κ1) is 19.5. The number of nitrogens with one attached hydrogen (secondary N) is 2. The van der Waals surface area contributed by atoms with E-state index in [2.05, 4.69) is 15.8 Å². The lowest BCUT2D eigenvalue weighted by Crippen LogP contribution is -2.31. The van der Waals surface area contributed by atoms with Gasteiger partial charge in [-0.1, -0.05) is 53.5 Å². The second-order valence-corrected chi connectivity index (χ2v) is 6.74. The first-order chi connectivity index (χ1) is 12.0. The van der Waals surface area contributed by atoms with Gasteiger partial charge >= 0.3 is 0 Å². The third kappa shape index (κ3) is 6.53. The van der Waals surface area contributed by atoms with E-state index >= 15 is 0 Å². The molecular weight excluding hydrogens is 377 g/mol. The summed E-state index contributed by atoms with van der Waals surface area (Å²) in [6, 6.07) is 13.4. The Labute approximate surface area is 163 Å². The van der Waals surface area contributed by atoms with Crippen molar-refractivity contribution in [2.75, 3.05) is 0 Å². The molecule has 0 fully saturated rings. The standard InChI is InChI=1S/C18H19Cl2N3OS/c1-12(2)24-17-15(19)8-14(9-16(17)20)11-22-23-18(25)21-10-13-6-4-3-5-7-13/h3-9,11-12H,10H2,1-2H3,(H2,21,23,25)/b22-11-. The number of hydrogen-bond donors (Lipinski definition) is 2. The van der Waals surface area contributed by atoms with E-state index < -0.39 is 0 Å². The third-order valence-corrected chi connectivity index (χ3v) is 3.85. The van der Waals surface area contributed by atoms with E-state index in [1.807, 2.05) is 44.2 Å². The first-order valence-electron chi connectivity index (χ1n) is 7.72. The molecule has 0 heterocycles. The lowest BCUT2D eigenvalue weighted by Gasteiger charge is -2.13. The predicted molar refractivity (Wildman–Crippen MR) is 109 cm³/mol. The number of hydrogen-bond acceptors (Lipinski definition) is 3. The maximum atomic E-state index is 6.21. The third-order valence-electron chi connectivity index (χ3n) is 3.05. The van der Waals surface area contributed by atoms with Crippen LogP contribution in [0.25, 0.3) is 0 Å². The molecule has 0 atom stereocenters. The SMILES string of the molecule is CC(C)Oc1c(Cl)cc(/C=N\NC(=S)NCc2ccccc2)cc1Cl. The van der Waals surface area contributed by atoms with E-state index in [-0.39, 0.29) is 6.10 Å². The zero-order chi connectivity index (χ0) is 18.2. The van der Waals surface area contributed by atoms with Gasteiger partial charge in [-0.15, -0.1) is 0 Å². The summed E-state index contributed by atoms with van der Waals surface area (Å²) in [5.41, 5.74) is 4.63. The van der Waals surface area contributed by atoms with Crippen LogP contribution in [-0.4, -0.2) is 17.4 Å². The summed E-state index contributed by atoms with van der Waals surface area (Å²) >= 11 is 17.6. The van der Waals surface area contributed by atoms with Crippen LogP contribution in [0.4, 0.5) is 0 Å². The lowest BCUT2D eigenvalue weighted by molar-refractivity contribution is 0.243. The van der Waals surface area contributed by atoms with Crippen LogP contribution in [-0.2, 0) is 6.54 Å². The minimum absolute atomic E-state index is 0.00996. The minimum atomic E-state index is -0.00996. The molecule has 2 N–H and O–H groups in total. The summed E-state index contributed by atoms with van der Waals surface area (Å²) in [6.45, 7) is 4.45. The van der Waals surface area contributed by atoms with E-state index in [4.69, 9.17) is 40.2 Å². The number of hydrazone groups is 1. The predicted octanol–water partition coefficient (Wildman–Crippen LogP) is 4.78. The quantitative estimate of drug-likeness (QED) is 0.419. The Morgan fingerprint density at radius 1 is 1.20 bits per heavy atom. The molecule has 0 saturated carbocycles. The van der Waals surface area contributed by atoms with Gasteiger partial charge in [0.15, 0.2) is 10.9 Å². The zero-order valence-corrected chi connectivity index (χ0v) is 16.3. The Bertz CT molecular complexity index is 728. The fraction of sp³-hybridized carbons (Fsp3) is 0.222. The van der Waals surface area contributed by atoms with Crippen molar-refractivity contribution >= 4 is 46.7 Å². The average Bonchev–Trinajstić information content (AvgIpc) is 2.57. The van der Waals surface area contributed by atoms with Gasteiger partial charge in [-0.2, -0.15) is 5.10 Å². The van der Waals surface area contributed by atoms with Gasteiger partial charge in [0.05, 0.1) is 22.4 Å². The smallest absolute Gasteiger partial charge is 0.187 e. The molecular formula is C18H19Cl2N3OS. The van der Waals surface area contributed by atoms with Crippen LogP contribution in [0.2, 0.25) is 10.0 Å². The van der Waals surface area contributed by atoms with Gasteiger partial charge in [0, 0.05) is 6.54 Å². The molecule has 2 aromatic carbocycles. The molecule has 0 aliphatic rings. The van der Waals surface area contributed by atoms with Crippen molar-refractivity contribution in [3.8, 4) is 5.75 Å². The second-order valence-electron chi connectivity index (χ2n) is 5.52. The van der Waals surface area contributed by atoms with E-state index in [0.29, 0.717) is 27.5 Å². The Hall–Kier alpha value is -1.82. The number of rotatable bonds is 6. The van der Waals surface area contributed by atoms with Crippen molar-refractivity contribution in [2.45, 2.75) is 26.5 Å². The zero-order valence-electron chi connectivity index (χ0n) is 13.9. The average molecular weight is 396 g/mol. The summed E-state index contributed by atoms with van der Waals surface area (Å²) in [5, 5.41) is 8.47. The molecule has 7 heteroatoms. The highest BCUT2D eigenvalue weighted by molar-refractivity contribution is 7.80. The molecule has 132 valence electrons. The molecule has 0 aromatic heterocycles. The van der Waals surface area contributed by atoms with Gasteiger partial charge in [0.1, 0.15) is 0 Å². The largest absolute Gasteiger partial charge is 0.488 e. The molecule has 0 radical (unpaired) electrons. The Balaban J connectivity index is 1.90. The van der Waals surface area contributed by atoms with Crippen LogP contribution in [0.1, 0.15) is 25.0 Å². The molecule has 2 aromatic rings. The molecule has 0 amide bonds. The van der Waals surface area contributed by atoms with Crippen LogP contribution < -0.4 is 15.5 Å². The minimum Gasteiger partial charge on any atom is -0.488 e. The Kier molecular flexibility index (Phi) is 7.50. The summed E-state index contributed by atoms with van der Waals surface area (Å²) in [7, 11) is 0. The molecule has 0 saturated heterocycles. The maximum absolute atomic E-state index is 6.21. The summed E-state index contributed by atoms with van der Waals surface area (Å²) in [6.07, 6.45) is 1.58. The van der Waals surface area contributed by atoms with Gasteiger partial charge in [0.2, 0.25) is 0 Å². The molecule has 0 aliphatic carbocycles. The van der Waals surface area contributed by atoms with Crippen molar-refractivity contribution in [3.63, 3.8) is 0 Å². The van der Waals surface area contributed by atoms with Crippen LogP contribution in [0.15, 0.2) is 47.6 Å². The highest BCUT2D eigenvalue weighted by atomic mass is 35.5. The molecule has 25 heavy (non-hydrogen) atoms. The topological polar surface area (TPSA) is 45.6 Å². The Morgan fingerprint density at radius 3 is 2.44 bits per heavy atom. The van der Waals surface area contributed by atoms with E-state index in [0.717, 1.165) is 11.1 Å². The van der Waals surface area contributed by atoms with Crippen molar-refractivity contribution in [2.24, 2.45) is 5.10 Å². The van der Waals surface area contributed by atoms with E-state index in [1.54, 1.807) is 18.3 Å². The molecule has 0 aliphatic heterocycles. The van der Waals surface area contributed by atoms with Crippen molar-refractivity contribution in [1.82, 2.24) is 10.7 Å². The number of thiocarbonyl (C=S) groups is 1. The normalized spacial score (nSPS) is 10.9. The van der Waals surface area contributed by atoms with E-state index in [1.165, 1.54) is 0 Å².